The summed E-state index contributed by atoms with van der Waals surface area (Å²) in [6, 6.07) is 5.91. The van der Waals surface area contributed by atoms with Gasteiger partial charge in [-0.25, -0.2) is 0 Å². The number of aromatic hydroxyl groups is 1. The van der Waals surface area contributed by atoms with E-state index in [4.69, 9.17) is 0 Å². The zero-order chi connectivity index (χ0) is 19.1. The molecule has 8 nitrogen and oxygen atoms in total. The second kappa shape index (κ2) is 6.53. The lowest BCUT2D eigenvalue weighted by molar-refractivity contribution is -0.144. The predicted molar refractivity (Wildman–Crippen MR) is 94.2 cm³/mol. The number of nitrogens with one attached hydrogen (secondary N) is 2. The number of benzene rings is 1. The molecule has 0 radical (unpaired) electrons. The second-order valence-corrected chi connectivity index (χ2v) is 7.13. The van der Waals surface area contributed by atoms with Crippen molar-refractivity contribution in [3.63, 3.8) is 0 Å². The predicted octanol–water partition coefficient (Wildman–Crippen LogP) is 0.254. The Morgan fingerprint density at radius 2 is 1.59 bits per heavy atom. The summed E-state index contributed by atoms with van der Waals surface area (Å²) in [6.07, 6.45) is 4.83. The Labute approximate surface area is 155 Å². The molecule has 3 aliphatic rings. The average molecular weight is 369 g/mol. The number of fused-ring (bicyclic) bond motifs is 5. The number of likely N-dealkylation sites (tertiary alicyclic amines) is 1. The molecule has 2 bridgehead atoms. The smallest absolute Gasteiger partial charge is 0.243 e. The molecule has 3 N–H and O–H groups in total. The molecule has 8 heteroatoms. The molecule has 1 aromatic carbocycles. The van der Waals surface area contributed by atoms with E-state index in [1.54, 1.807) is 0 Å². The lowest BCUT2D eigenvalue weighted by Crippen LogP contribution is -2.43. The van der Waals surface area contributed by atoms with Gasteiger partial charge in [-0.15, -0.1) is 0 Å². The van der Waals surface area contributed by atoms with E-state index in [1.165, 1.54) is 24.3 Å². The van der Waals surface area contributed by atoms with Crippen LogP contribution in [0.2, 0.25) is 0 Å². The summed E-state index contributed by atoms with van der Waals surface area (Å²) >= 11 is 0. The molecule has 4 amide bonds. The van der Waals surface area contributed by atoms with Gasteiger partial charge >= 0.3 is 0 Å². The van der Waals surface area contributed by atoms with Gasteiger partial charge in [0, 0.05) is 5.69 Å². The number of phenols is 1. The van der Waals surface area contributed by atoms with Gasteiger partial charge in [0.05, 0.1) is 18.4 Å². The summed E-state index contributed by atoms with van der Waals surface area (Å²) in [5.74, 6) is -1.98. The number of hydrogen-bond donors (Lipinski definition) is 3. The Morgan fingerprint density at radius 1 is 1.00 bits per heavy atom. The molecule has 1 heterocycles. The SMILES string of the molecule is O=C(CN1C(=O)[C@@H]2[C@H](C1=O)[C@H]1C=C[C@H]2C1)NCC(=O)Nc1ccc(O)cc1. The summed E-state index contributed by atoms with van der Waals surface area (Å²) in [4.78, 5) is 50.0. The van der Waals surface area contributed by atoms with Crippen LogP contribution in [0.4, 0.5) is 5.69 Å². The molecule has 2 aliphatic carbocycles. The van der Waals surface area contributed by atoms with Crippen molar-refractivity contribution in [3.05, 3.63) is 36.4 Å². The minimum atomic E-state index is -0.558. The van der Waals surface area contributed by atoms with E-state index < -0.39 is 11.8 Å². The number of imide groups is 1. The van der Waals surface area contributed by atoms with Crippen LogP contribution < -0.4 is 10.6 Å². The zero-order valence-electron chi connectivity index (χ0n) is 14.4. The summed E-state index contributed by atoms with van der Waals surface area (Å²) in [7, 11) is 0. The first-order valence-electron chi connectivity index (χ1n) is 8.83. The van der Waals surface area contributed by atoms with Crippen LogP contribution in [-0.4, -0.2) is 46.7 Å². The first-order chi connectivity index (χ1) is 12.9. The van der Waals surface area contributed by atoms with Gasteiger partial charge in [0.25, 0.3) is 0 Å². The molecule has 0 spiro atoms. The molecule has 1 saturated carbocycles. The largest absolute Gasteiger partial charge is 0.508 e. The maximum atomic E-state index is 12.5. The molecule has 2 fully saturated rings. The number of allylic oxidation sites excluding steroid dienone is 2. The van der Waals surface area contributed by atoms with Gasteiger partial charge in [0.1, 0.15) is 12.3 Å². The third kappa shape index (κ3) is 3.07. The van der Waals surface area contributed by atoms with Crippen LogP contribution >= 0.6 is 0 Å². The highest BCUT2D eigenvalue weighted by molar-refractivity contribution is 6.08. The number of nitrogens with zero attached hydrogens (tertiary/aromatic N) is 1. The number of anilines is 1. The Hall–Kier alpha value is -3.16. The lowest BCUT2D eigenvalue weighted by Gasteiger charge is -2.16. The quantitative estimate of drug-likeness (QED) is 0.391. The summed E-state index contributed by atoms with van der Waals surface area (Å²) in [5.41, 5.74) is 0.479. The normalized spacial score (nSPS) is 27.8. The average Bonchev–Trinajstić information content (AvgIpc) is 3.32. The van der Waals surface area contributed by atoms with Gasteiger partial charge in [-0.3, -0.25) is 24.1 Å². The molecule has 4 atom stereocenters. The van der Waals surface area contributed by atoms with Crippen molar-refractivity contribution in [1.29, 1.82) is 0 Å². The van der Waals surface area contributed by atoms with Gasteiger partial charge in [0.15, 0.2) is 0 Å². The van der Waals surface area contributed by atoms with Crippen LogP contribution in [0.15, 0.2) is 36.4 Å². The highest BCUT2D eigenvalue weighted by Gasteiger charge is 2.59. The van der Waals surface area contributed by atoms with Gasteiger partial charge in [-0.2, -0.15) is 0 Å². The number of amides is 4. The fourth-order valence-electron chi connectivity index (χ4n) is 4.25. The summed E-state index contributed by atoms with van der Waals surface area (Å²) in [5, 5.41) is 14.2. The van der Waals surface area contributed by atoms with Gasteiger partial charge in [-0.1, -0.05) is 12.2 Å². The van der Waals surface area contributed by atoms with E-state index in [0.717, 1.165) is 11.3 Å². The van der Waals surface area contributed by atoms with Crippen molar-refractivity contribution < 1.29 is 24.3 Å². The molecule has 0 aromatic heterocycles. The van der Waals surface area contributed by atoms with Crippen molar-refractivity contribution >= 4 is 29.3 Å². The van der Waals surface area contributed by atoms with E-state index in [0.29, 0.717) is 5.69 Å². The van der Waals surface area contributed by atoms with E-state index in [9.17, 15) is 24.3 Å². The molecule has 27 heavy (non-hydrogen) atoms. The number of rotatable bonds is 5. The van der Waals surface area contributed by atoms with Crippen LogP contribution in [0.1, 0.15) is 6.42 Å². The van der Waals surface area contributed by atoms with Crippen LogP contribution in [0.5, 0.6) is 5.75 Å². The standard InChI is InChI=1S/C19H19N3O5/c23-13-5-3-12(4-6-13)21-14(24)8-20-15(25)9-22-18(26)16-10-1-2-11(7-10)17(16)19(22)27/h1-6,10-11,16-17,23H,7-9H2,(H,20,25)(H,21,24)/t10-,11-,16-,17+/m0/s1. The third-order valence-electron chi connectivity index (χ3n) is 5.46. The van der Waals surface area contributed by atoms with Gasteiger partial charge in [-0.05, 0) is 42.5 Å². The van der Waals surface area contributed by atoms with Crippen molar-refractivity contribution in [2.75, 3.05) is 18.4 Å². The van der Waals surface area contributed by atoms with E-state index in [-0.39, 0.29) is 54.3 Å². The number of carbonyl (C=O) groups excluding carboxylic acids is 4. The van der Waals surface area contributed by atoms with Crippen molar-refractivity contribution in [2.24, 2.45) is 23.7 Å². The number of carbonyl (C=O) groups is 4. The zero-order valence-corrected chi connectivity index (χ0v) is 14.4. The maximum Gasteiger partial charge on any atom is 0.243 e. The molecular weight excluding hydrogens is 350 g/mol. The highest BCUT2D eigenvalue weighted by Crippen LogP contribution is 2.52. The van der Waals surface area contributed by atoms with Crippen molar-refractivity contribution in [2.45, 2.75) is 6.42 Å². The summed E-state index contributed by atoms with van der Waals surface area (Å²) in [6.45, 7) is -0.647. The first-order valence-corrected chi connectivity index (χ1v) is 8.83. The number of hydrogen-bond acceptors (Lipinski definition) is 5. The topological polar surface area (TPSA) is 116 Å². The van der Waals surface area contributed by atoms with Crippen molar-refractivity contribution in [3.8, 4) is 5.75 Å². The first kappa shape index (κ1) is 17.3. The Morgan fingerprint density at radius 3 is 2.19 bits per heavy atom. The number of phenolic OH excluding ortho intramolecular Hbond substituents is 1. The van der Waals surface area contributed by atoms with Gasteiger partial charge in [0.2, 0.25) is 23.6 Å². The fourth-order valence-corrected chi connectivity index (χ4v) is 4.25. The molecule has 140 valence electrons. The molecular formula is C19H19N3O5. The molecule has 1 aromatic rings. The lowest BCUT2D eigenvalue weighted by atomic mass is 9.85. The monoisotopic (exact) mass is 369 g/mol. The maximum absolute atomic E-state index is 12.5. The molecule has 1 aliphatic heterocycles. The van der Waals surface area contributed by atoms with Crippen molar-refractivity contribution in [1.82, 2.24) is 10.2 Å². The Balaban J connectivity index is 1.28. The summed E-state index contributed by atoms with van der Waals surface area (Å²) < 4.78 is 0. The van der Waals surface area contributed by atoms with E-state index in [1.807, 2.05) is 12.2 Å². The fraction of sp³-hybridized carbons (Fsp3) is 0.368. The van der Waals surface area contributed by atoms with Crippen LogP contribution in [-0.2, 0) is 19.2 Å². The minimum absolute atomic E-state index is 0.0784. The molecule has 0 unspecified atom stereocenters. The second-order valence-electron chi connectivity index (χ2n) is 7.13. The molecule has 1 saturated heterocycles. The van der Waals surface area contributed by atoms with Crippen LogP contribution in [0.3, 0.4) is 0 Å². The highest BCUT2D eigenvalue weighted by atomic mass is 16.3. The third-order valence-corrected chi connectivity index (χ3v) is 5.46. The van der Waals surface area contributed by atoms with Crippen LogP contribution in [0.25, 0.3) is 0 Å². The Bertz CT molecular complexity index is 817. The van der Waals surface area contributed by atoms with Crippen LogP contribution in [0, 0.1) is 23.7 Å². The minimum Gasteiger partial charge on any atom is -0.508 e. The Kier molecular flexibility index (Phi) is 4.18. The van der Waals surface area contributed by atoms with E-state index >= 15 is 0 Å². The molecule has 4 rings (SSSR count). The van der Waals surface area contributed by atoms with E-state index in [2.05, 4.69) is 10.6 Å². The van der Waals surface area contributed by atoms with Gasteiger partial charge < -0.3 is 15.7 Å².